The van der Waals surface area contributed by atoms with E-state index in [1.165, 1.54) is 10.9 Å². The molecule has 0 radical (unpaired) electrons. The van der Waals surface area contributed by atoms with Crippen molar-refractivity contribution in [1.82, 2.24) is 9.88 Å². The summed E-state index contributed by atoms with van der Waals surface area (Å²) in [6.07, 6.45) is 1.81. The molecule has 2 rings (SSSR count). The van der Waals surface area contributed by atoms with Gasteiger partial charge in [0.2, 0.25) is 0 Å². The van der Waals surface area contributed by atoms with Crippen molar-refractivity contribution in [3.63, 3.8) is 0 Å². The molecule has 0 fully saturated rings. The van der Waals surface area contributed by atoms with Gasteiger partial charge in [0.1, 0.15) is 0 Å². The minimum absolute atomic E-state index is 0.0384. The van der Waals surface area contributed by atoms with Gasteiger partial charge in [0, 0.05) is 25.8 Å². The van der Waals surface area contributed by atoms with Crippen molar-refractivity contribution in [1.29, 1.82) is 0 Å². The van der Waals surface area contributed by atoms with Gasteiger partial charge in [-0.05, 0) is 36.3 Å². The van der Waals surface area contributed by atoms with E-state index in [9.17, 15) is 5.11 Å². The Balaban J connectivity index is 2.02. The summed E-state index contributed by atoms with van der Waals surface area (Å²) in [7, 11) is -0.0384. The van der Waals surface area contributed by atoms with Crippen LogP contribution < -0.4 is 5.30 Å². The number of nitrogens with zero attached hydrogens (tertiary/aromatic N) is 2. The van der Waals surface area contributed by atoms with Crippen LogP contribution in [0, 0.1) is 0 Å². The first kappa shape index (κ1) is 16.1. The molecule has 0 aliphatic rings. The van der Waals surface area contributed by atoms with Gasteiger partial charge in [-0.3, -0.25) is 9.88 Å². The highest BCUT2D eigenvalue weighted by molar-refractivity contribution is 7.64. The fourth-order valence-corrected chi connectivity index (χ4v) is 2.98. The van der Waals surface area contributed by atoms with Crippen molar-refractivity contribution in [2.75, 3.05) is 26.5 Å². The molecular weight excluding hydrogens is 279 g/mol. The van der Waals surface area contributed by atoms with E-state index in [1.54, 1.807) is 0 Å². The Hall–Kier alpha value is -1.28. The van der Waals surface area contributed by atoms with E-state index in [2.05, 4.69) is 47.5 Å². The van der Waals surface area contributed by atoms with Crippen LogP contribution in [-0.2, 0) is 13.1 Å². The number of rotatable bonds is 7. The number of hydrogen-bond donors (Lipinski definition) is 1. The van der Waals surface area contributed by atoms with E-state index in [-0.39, 0.29) is 14.5 Å². The second kappa shape index (κ2) is 8.23. The van der Waals surface area contributed by atoms with Crippen LogP contribution in [0.5, 0.6) is 0 Å². The maximum Gasteiger partial charge on any atom is 0.0558 e. The van der Waals surface area contributed by atoms with Crippen molar-refractivity contribution in [3.05, 3.63) is 59.9 Å². The minimum atomic E-state index is -0.0384. The summed E-state index contributed by atoms with van der Waals surface area (Å²) >= 11 is 0. The van der Waals surface area contributed by atoms with Crippen LogP contribution in [0.25, 0.3) is 0 Å². The predicted octanol–water partition coefficient (Wildman–Crippen LogP) is 2.44. The Bertz CT molecular complexity index is 528. The lowest BCUT2D eigenvalue weighted by atomic mass is 10.2. The average molecular weight is 302 g/mol. The highest BCUT2D eigenvalue weighted by Crippen LogP contribution is 2.23. The van der Waals surface area contributed by atoms with Crippen LogP contribution in [0.3, 0.4) is 0 Å². The fourth-order valence-electron chi connectivity index (χ4n) is 2.23. The molecule has 0 bridgehead atoms. The fraction of sp³-hybridized carbons (Fsp3) is 0.353. The molecule has 0 amide bonds. The molecule has 21 heavy (non-hydrogen) atoms. The van der Waals surface area contributed by atoms with Crippen molar-refractivity contribution in [3.8, 4) is 0 Å². The molecule has 3 nitrogen and oxygen atoms in total. The maximum atomic E-state index is 9.25. The Labute approximate surface area is 128 Å². The van der Waals surface area contributed by atoms with Gasteiger partial charge in [0.25, 0.3) is 0 Å². The molecule has 0 unspecified atom stereocenters. The number of pyridine rings is 1. The Morgan fingerprint density at radius 2 is 1.81 bits per heavy atom. The van der Waals surface area contributed by atoms with E-state index in [0.717, 1.165) is 18.8 Å². The van der Waals surface area contributed by atoms with Gasteiger partial charge in [0.15, 0.2) is 0 Å². The quantitative estimate of drug-likeness (QED) is 0.798. The summed E-state index contributed by atoms with van der Waals surface area (Å²) in [5.41, 5.74) is 2.31. The van der Waals surface area contributed by atoms with Crippen molar-refractivity contribution < 1.29 is 5.11 Å². The molecule has 1 aromatic heterocycles. The molecule has 0 saturated heterocycles. The SMILES string of the molecule is CP(C)c1ccc(CN(CCO)Cc2ccccn2)cc1. The zero-order chi connectivity index (χ0) is 15.1. The monoisotopic (exact) mass is 302 g/mol. The standard InChI is InChI=1S/C17H23N2OP/c1-21(2)17-8-6-15(7-9-17)13-19(11-12-20)14-16-5-3-4-10-18-16/h3-10,20H,11-14H2,1-2H3. The van der Waals surface area contributed by atoms with Gasteiger partial charge >= 0.3 is 0 Å². The van der Waals surface area contributed by atoms with Crippen molar-refractivity contribution in [2.24, 2.45) is 0 Å². The molecule has 0 aliphatic heterocycles. The summed E-state index contributed by atoms with van der Waals surface area (Å²) in [6.45, 7) is 6.96. The lowest BCUT2D eigenvalue weighted by molar-refractivity contribution is 0.183. The molecule has 1 heterocycles. The highest BCUT2D eigenvalue weighted by Gasteiger charge is 2.08. The molecule has 0 aliphatic carbocycles. The third kappa shape index (κ3) is 5.20. The Kier molecular flexibility index (Phi) is 6.31. The molecule has 0 saturated carbocycles. The summed E-state index contributed by atoms with van der Waals surface area (Å²) in [6, 6.07) is 14.8. The van der Waals surface area contributed by atoms with Crippen LogP contribution in [0.15, 0.2) is 48.7 Å². The van der Waals surface area contributed by atoms with Crippen molar-refractivity contribution >= 4 is 13.2 Å². The third-order valence-electron chi connectivity index (χ3n) is 3.39. The Morgan fingerprint density at radius 1 is 1.05 bits per heavy atom. The molecule has 112 valence electrons. The normalized spacial score (nSPS) is 11.3. The van der Waals surface area contributed by atoms with Gasteiger partial charge in [-0.2, -0.15) is 0 Å². The van der Waals surface area contributed by atoms with E-state index in [4.69, 9.17) is 0 Å². The minimum Gasteiger partial charge on any atom is -0.395 e. The van der Waals surface area contributed by atoms with Gasteiger partial charge < -0.3 is 5.11 Å². The molecule has 1 N–H and O–H groups in total. The number of hydrogen-bond acceptors (Lipinski definition) is 3. The summed E-state index contributed by atoms with van der Waals surface area (Å²) in [5, 5.41) is 10.7. The lowest BCUT2D eigenvalue weighted by Gasteiger charge is -2.21. The van der Waals surface area contributed by atoms with E-state index in [0.29, 0.717) is 6.54 Å². The third-order valence-corrected chi connectivity index (χ3v) is 4.72. The number of aromatic nitrogens is 1. The zero-order valence-corrected chi connectivity index (χ0v) is 13.6. The number of benzene rings is 1. The second-order valence-corrected chi connectivity index (χ2v) is 7.62. The smallest absolute Gasteiger partial charge is 0.0558 e. The zero-order valence-electron chi connectivity index (χ0n) is 12.7. The first-order chi connectivity index (χ1) is 10.2. The van der Waals surface area contributed by atoms with Crippen molar-refractivity contribution in [2.45, 2.75) is 13.1 Å². The average Bonchev–Trinajstić information content (AvgIpc) is 2.49. The van der Waals surface area contributed by atoms with Crippen LogP contribution in [0.1, 0.15) is 11.3 Å². The highest BCUT2D eigenvalue weighted by atomic mass is 31.1. The summed E-state index contributed by atoms with van der Waals surface area (Å²) in [5.74, 6) is 0. The molecule has 1 aromatic carbocycles. The number of aliphatic hydroxyl groups is 1. The van der Waals surface area contributed by atoms with E-state index in [1.807, 2.05) is 24.4 Å². The molecule has 4 heteroatoms. The largest absolute Gasteiger partial charge is 0.395 e. The van der Waals surface area contributed by atoms with Crippen LogP contribution in [-0.4, -0.2) is 41.5 Å². The van der Waals surface area contributed by atoms with E-state index < -0.39 is 0 Å². The molecule has 2 aromatic rings. The summed E-state index contributed by atoms with van der Waals surface area (Å²) < 4.78 is 0. The number of aliphatic hydroxyl groups excluding tert-OH is 1. The van der Waals surface area contributed by atoms with Gasteiger partial charge in [-0.25, -0.2) is 0 Å². The Morgan fingerprint density at radius 3 is 2.38 bits per heavy atom. The summed E-state index contributed by atoms with van der Waals surface area (Å²) in [4.78, 5) is 6.58. The topological polar surface area (TPSA) is 36.4 Å². The first-order valence-corrected chi connectivity index (χ1v) is 9.42. The van der Waals surface area contributed by atoms with Crippen LogP contribution in [0.2, 0.25) is 0 Å². The van der Waals surface area contributed by atoms with Crippen LogP contribution >= 0.6 is 7.92 Å². The first-order valence-electron chi connectivity index (χ1n) is 7.18. The van der Waals surface area contributed by atoms with E-state index >= 15 is 0 Å². The molecule has 0 spiro atoms. The second-order valence-electron chi connectivity index (χ2n) is 5.32. The predicted molar refractivity (Wildman–Crippen MR) is 90.3 cm³/mol. The molecule has 0 atom stereocenters. The maximum absolute atomic E-state index is 9.25. The lowest BCUT2D eigenvalue weighted by Crippen LogP contribution is -2.26. The van der Waals surface area contributed by atoms with Gasteiger partial charge in [0.05, 0.1) is 12.3 Å². The molecular formula is C17H23N2OP. The van der Waals surface area contributed by atoms with Crippen LogP contribution in [0.4, 0.5) is 0 Å². The van der Waals surface area contributed by atoms with Gasteiger partial charge in [-0.1, -0.05) is 38.3 Å². The van der Waals surface area contributed by atoms with Gasteiger partial charge in [-0.15, -0.1) is 0 Å².